The third-order valence-corrected chi connectivity index (χ3v) is 2.36. The highest BCUT2D eigenvalue weighted by Gasteiger charge is 2.46. The van der Waals surface area contributed by atoms with E-state index in [1.165, 1.54) is 0 Å². The predicted octanol–water partition coefficient (Wildman–Crippen LogP) is 0.902. The Kier molecular flexibility index (Phi) is 3.79. The molecule has 0 spiro atoms. The third-order valence-electron chi connectivity index (χ3n) is 2.36. The first-order chi connectivity index (χ1) is 8.20. The minimum atomic E-state index is -1.47. The van der Waals surface area contributed by atoms with E-state index in [2.05, 4.69) is 4.74 Å². The second-order valence-electron chi connectivity index (χ2n) is 4.88. The predicted molar refractivity (Wildman–Crippen MR) is 60.6 cm³/mol. The Balaban J connectivity index is 3.13. The summed E-state index contributed by atoms with van der Waals surface area (Å²) < 4.78 is 9.36. The molecule has 0 saturated carbocycles. The Morgan fingerprint density at radius 2 is 1.94 bits per heavy atom. The average Bonchev–Trinajstić information content (AvgIpc) is 2.54. The van der Waals surface area contributed by atoms with Gasteiger partial charge >= 0.3 is 11.9 Å². The number of ketones is 1. The van der Waals surface area contributed by atoms with Crippen LogP contribution in [0.5, 0.6) is 0 Å². The van der Waals surface area contributed by atoms with Crippen molar-refractivity contribution in [3.8, 4) is 0 Å². The monoisotopic (exact) mass is 256 g/mol. The molecular formula is C12H16O6. The summed E-state index contributed by atoms with van der Waals surface area (Å²) >= 11 is 0. The lowest BCUT2D eigenvalue weighted by atomic mass is 9.84. The molecule has 18 heavy (non-hydrogen) atoms. The van der Waals surface area contributed by atoms with Gasteiger partial charge in [0.1, 0.15) is 0 Å². The Morgan fingerprint density at radius 1 is 1.39 bits per heavy atom. The number of hydrogen-bond acceptors (Lipinski definition) is 6. The maximum atomic E-state index is 12.1. The molecule has 0 aromatic heterocycles. The van der Waals surface area contributed by atoms with Crippen LogP contribution in [-0.2, 0) is 23.9 Å². The van der Waals surface area contributed by atoms with E-state index in [4.69, 9.17) is 4.74 Å². The van der Waals surface area contributed by atoms with Crippen molar-refractivity contribution in [2.75, 3.05) is 6.61 Å². The molecular weight excluding hydrogens is 240 g/mol. The maximum Gasteiger partial charge on any atom is 0.375 e. The van der Waals surface area contributed by atoms with Crippen LogP contribution in [0.25, 0.3) is 0 Å². The van der Waals surface area contributed by atoms with E-state index >= 15 is 0 Å². The van der Waals surface area contributed by atoms with E-state index in [1.54, 1.807) is 27.7 Å². The highest BCUT2D eigenvalue weighted by atomic mass is 16.6. The summed E-state index contributed by atoms with van der Waals surface area (Å²) in [7, 11) is 0. The number of carbonyl (C=O) groups excluding carboxylic acids is 3. The molecule has 6 heteroatoms. The molecule has 0 radical (unpaired) electrons. The van der Waals surface area contributed by atoms with E-state index in [0.29, 0.717) is 0 Å². The van der Waals surface area contributed by atoms with E-state index in [0.717, 1.165) is 0 Å². The number of rotatable bonds is 3. The smallest absolute Gasteiger partial charge is 0.375 e. The lowest BCUT2D eigenvalue weighted by Crippen LogP contribution is -2.33. The van der Waals surface area contributed by atoms with Crippen LogP contribution in [0.15, 0.2) is 11.3 Å². The second-order valence-corrected chi connectivity index (χ2v) is 4.88. The van der Waals surface area contributed by atoms with Gasteiger partial charge in [-0.3, -0.25) is 4.79 Å². The number of esters is 2. The van der Waals surface area contributed by atoms with Crippen LogP contribution in [0.3, 0.4) is 0 Å². The summed E-state index contributed by atoms with van der Waals surface area (Å²) in [5, 5.41) is 9.56. The molecule has 0 bridgehead atoms. The van der Waals surface area contributed by atoms with Crippen LogP contribution < -0.4 is 0 Å². The maximum absolute atomic E-state index is 12.1. The fourth-order valence-corrected chi connectivity index (χ4v) is 1.47. The van der Waals surface area contributed by atoms with Gasteiger partial charge in [-0.1, -0.05) is 20.8 Å². The first kappa shape index (κ1) is 14.2. The van der Waals surface area contributed by atoms with E-state index in [9.17, 15) is 19.5 Å². The summed E-state index contributed by atoms with van der Waals surface area (Å²) in [5.41, 5.74) is -1.17. The van der Waals surface area contributed by atoms with E-state index in [-0.39, 0.29) is 12.2 Å². The van der Waals surface area contributed by atoms with Crippen molar-refractivity contribution in [1.29, 1.82) is 0 Å². The third kappa shape index (κ3) is 2.52. The standard InChI is InChI=1S/C12H16O6/c1-5-17-11(16)8-6(7(13)10(15)18-8)9(14)12(2,3)4/h8,13H,5H2,1-4H3. The van der Waals surface area contributed by atoms with Crippen LogP contribution >= 0.6 is 0 Å². The summed E-state index contributed by atoms with van der Waals surface area (Å²) in [6.45, 7) is 6.51. The number of aliphatic hydroxyl groups is 1. The number of hydrogen-bond donors (Lipinski definition) is 1. The minimum Gasteiger partial charge on any atom is -0.501 e. The molecule has 6 nitrogen and oxygen atoms in total. The van der Waals surface area contributed by atoms with Crippen molar-refractivity contribution >= 4 is 17.7 Å². The Hall–Kier alpha value is -1.85. The van der Waals surface area contributed by atoms with Crippen molar-refractivity contribution < 1.29 is 29.0 Å². The van der Waals surface area contributed by atoms with Crippen LogP contribution in [0, 0.1) is 5.41 Å². The molecule has 1 heterocycles. The van der Waals surface area contributed by atoms with Gasteiger partial charge in [-0.15, -0.1) is 0 Å². The molecule has 1 aliphatic heterocycles. The number of ether oxygens (including phenoxy) is 2. The largest absolute Gasteiger partial charge is 0.501 e. The normalized spacial score (nSPS) is 19.8. The van der Waals surface area contributed by atoms with Crippen molar-refractivity contribution in [3.05, 3.63) is 11.3 Å². The molecule has 0 aromatic rings. The Labute approximate surface area is 105 Å². The van der Waals surface area contributed by atoms with Gasteiger partial charge in [0.2, 0.25) is 11.9 Å². The summed E-state index contributed by atoms with van der Waals surface area (Å²) in [6, 6.07) is 0. The van der Waals surface area contributed by atoms with Gasteiger partial charge < -0.3 is 14.6 Å². The molecule has 0 aliphatic carbocycles. The molecule has 100 valence electrons. The van der Waals surface area contributed by atoms with Crippen molar-refractivity contribution in [2.45, 2.75) is 33.8 Å². The number of carbonyl (C=O) groups is 3. The lowest BCUT2D eigenvalue weighted by Gasteiger charge is -2.19. The van der Waals surface area contributed by atoms with Gasteiger partial charge in [0, 0.05) is 5.41 Å². The molecule has 1 unspecified atom stereocenters. The molecule has 0 saturated heterocycles. The van der Waals surface area contributed by atoms with Crippen molar-refractivity contribution in [3.63, 3.8) is 0 Å². The zero-order valence-corrected chi connectivity index (χ0v) is 10.8. The molecule has 0 fully saturated rings. The Morgan fingerprint density at radius 3 is 2.39 bits per heavy atom. The highest BCUT2D eigenvalue weighted by molar-refractivity contribution is 6.12. The van der Waals surface area contributed by atoms with Gasteiger partial charge in [0.25, 0.3) is 0 Å². The Bertz CT molecular complexity index is 426. The van der Waals surface area contributed by atoms with Crippen LogP contribution in [-0.4, -0.2) is 35.5 Å². The summed E-state index contributed by atoms with van der Waals surface area (Å²) in [5.74, 6) is -3.28. The van der Waals surface area contributed by atoms with Gasteiger partial charge in [-0.25, -0.2) is 9.59 Å². The molecule has 0 amide bonds. The molecule has 1 N–H and O–H groups in total. The molecule has 1 atom stereocenters. The lowest BCUT2D eigenvalue weighted by molar-refractivity contribution is -0.161. The number of aliphatic hydroxyl groups excluding tert-OH is 1. The van der Waals surface area contributed by atoms with Crippen molar-refractivity contribution in [1.82, 2.24) is 0 Å². The van der Waals surface area contributed by atoms with E-state index < -0.39 is 35.0 Å². The number of cyclic esters (lactones) is 1. The fraction of sp³-hybridized carbons (Fsp3) is 0.583. The number of Topliss-reactive ketones (excluding diaryl/α,β-unsaturated/α-hetero) is 1. The van der Waals surface area contributed by atoms with Gasteiger partial charge in [0.05, 0.1) is 12.2 Å². The first-order valence-electron chi connectivity index (χ1n) is 5.55. The topological polar surface area (TPSA) is 89.9 Å². The minimum absolute atomic E-state index is 0.0879. The van der Waals surface area contributed by atoms with Crippen LogP contribution in [0.4, 0.5) is 0 Å². The second kappa shape index (κ2) is 4.80. The zero-order chi connectivity index (χ0) is 14.1. The SMILES string of the molecule is CCOC(=O)C1OC(=O)C(O)=C1C(=O)C(C)(C)C. The fourth-order valence-electron chi connectivity index (χ4n) is 1.47. The van der Waals surface area contributed by atoms with Crippen molar-refractivity contribution in [2.24, 2.45) is 5.41 Å². The molecule has 0 aromatic carbocycles. The summed E-state index contributed by atoms with van der Waals surface area (Å²) in [4.78, 5) is 34.9. The molecule has 1 aliphatic rings. The average molecular weight is 256 g/mol. The zero-order valence-electron chi connectivity index (χ0n) is 10.8. The van der Waals surface area contributed by atoms with Crippen LogP contribution in [0.2, 0.25) is 0 Å². The van der Waals surface area contributed by atoms with Crippen LogP contribution in [0.1, 0.15) is 27.7 Å². The summed E-state index contributed by atoms with van der Waals surface area (Å²) in [6.07, 6.45) is -1.47. The van der Waals surface area contributed by atoms with Gasteiger partial charge in [0.15, 0.2) is 5.78 Å². The molecule has 1 rings (SSSR count). The highest BCUT2D eigenvalue weighted by Crippen LogP contribution is 2.30. The van der Waals surface area contributed by atoms with E-state index in [1.807, 2.05) is 0 Å². The van der Waals surface area contributed by atoms with Gasteiger partial charge in [-0.05, 0) is 6.92 Å². The first-order valence-corrected chi connectivity index (χ1v) is 5.55. The van der Waals surface area contributed by atoms with Gasteiger partial charge in [-0.2, -0.15) is 0 Å². The quantitative estimate of drug-likeness (QED) is 0.754.